The van der Waals surface area contributed by atoms with E-state index in [0.29, 0.717) is 6.54 Å². The molecule has 0 heterocycles. The summed E-state index contributed by atoms with van der Waals surface area (Å²) in [4.78, 5) is 11.2. The second kappa shape index (κ2) is 11.2. The van der Waals surface area contributed by atoms with Crippen LogP contribution >= 0.6 is 0 Å². The van der Waals surface area contributed by atoms with Crippen molar-refractivity contribution < 1.29 is 9.90 Å². The van der Waals surface area contributed by atoms with Crippen LogP contribution in [0.1, 0.15) is 45.4 Å². The van der Waals surface area contributed by atoms with E-state index >= 15 is 0 Å². The molecule has 3 nitrogen and oxygen atoms in total. The van der Waals surface area contributed by atoms with Gasteiger partial charge in [-0.3, -0.25) is 4.79 Å². The van der Waals surface area contributed by atoms with Crippen molar-refractivity contribution in [3.63, 3.8) is 0 Å². The molecule has 1 amide bonds. The van der Waals surface area contributed by atoms with Gasteiger partial charge in [-0.25, -0.2) is 0 Å². The number of unbranched alkanes of at least 4 members (excludes halogenated alkanes) is 4. The van der Waals surface area contributed by atoms with Gasteiger partial charge in [0.15, 0.2) is 0 Å². The van der Waals surface area contributed by atoms with Crippen molar-refractivity contribution in [2.24, 2.45) is 0 Å². The quantitative estimate of drug-likeness (QED) is 0.454. The average Bonchev–Trinajstić information content (AvgIpc) is 2.24. The summed E-state index contributed by atoms with van der Waals surface area (Å²) in [5.74, 6) is -0.0237. The molecular weight excluding hydrogens is 190 g/mol. The van der Waals surface area contributed by atoms with Crippen molar-refractivity contribution in [1.29, 1.82) is 0 Å². The van der Waals surface area contributed by atoms with Crippen molar-refractivity contribution in [3.8, 4) is 0 Å². The summed E-state index contributed by atoms with van der Waals surface area (Å²) in [6.45, 7) is 3.01. The molecule has 2 N–H and O–H groups in total. The van der Waals surface area contributed by atoms with E-state index in [1.807, 2.05) is 6.08 Å². The predicted octanol–water partition coefficient (Wildman–Crippen LogP) is 2.01. The second-order valence-electron chi connectivity index (χ2n) is 3.62. The molecule has 0 aliphatic carbocycles. The van der Waals surface area contributed by atoms with Gasteiger partial charge in [-0.05, 0) is 31.8 Å². The molecule has 0 aromatic carbocycles. The summed E-state index contributed by atoms with van der Waals surface area (Å²) in [7, 11) is 0. The van der Waals surface area contributed by atoms with Crippen molar-refractivity contribution in [2.45, 2.75) is 45.4 Å². The molecule has 88 valence electrons. The molecule has 0 aromatic heterocycles. The Morgan fingerprint density at radius 2 is 2.07 bits per heavy atom. The molecule has 0 aliphatic heterocycles. The number of allylic oxidation sites excluding steroid dienone is 1. The highest BCUT2D eigenvalue weighted by atomic mass is 16.2. The minimum atomic E-state index is -0.0237. The average molecular weight is 213 g/mol. The van der Waals surface area contributed by atoms with Crippen LogP contribution in [0.2, 0.25) is 0 Å². The normalized spacial score (nSPS) is 10.8. The Labute approximate surface area is 92.6 Å². The molecule has 0 atom stereocenters. The molecule has 3 heteroatoms. The molecule has 15 heavy (non-hydrogen) atoms. The Morgan fingerprint density at radius 1 is 1.27 bits per heavy atom. The fraction of sp³-hybridized carbons (Fsp3) is 0.750. The topological polar surface area (TPSA) is 49.3 Å². The summed E-state index contributed by atoms with van der Waals surface area (Å²) in [6, 6.07) is 0. The molecule has 0 unspecified atom stereocenters. The van der Waals surface area contributed by atoms with Gasteiger partial charge in [-0.2, -0.15) is 0 Å². The van der Waals surface area contributed by atoms with E-state index < -0.39 is 0 Å². The zero-order valence-electron chi connectivity index (χ0n) is 9.67. The van der Waals surface area contributed by atoms with E-state index in [1.54, 1.807) is 6.08 Å². The van der Waals surface area contributed by atoms with Gasteiger partial charge in [0.25, 0.3) is 0 Å². The highest BCUT2D eigenvalue weighted by Gasteiger charge is 1.93. The molecule has 0 bridgehead atoms. The van der Waals surface area contributed by atoms with Gasteiger partial charge >= 0.3 is 0 Å². The fourth-order valence-corrected chi connectivity index (χ4v) is 1.21. The maximum Gasteiger partial charge on any atom is 0.243 e. The van der Waals surface area contributed by atoms with Gasteiger partial charge in [0.05, 0.1) is 0 Å². The molecular formula is C12H23NO2. The van der Waals surface area contributed by atoms with Crippen LogP contribution in [0, 0.1) is 0 Å². The number of hydrogen-bond donors (Lipinski definition) is 2. The third-order valence-electron chi connectivity index (χ3n) is 2.13. The molecule has 0 aromatic rings. The number of hydrogen-bond acceptors (Lipinski definition) is 2. The van der Waals surface area contributed by atoms with E-state index in [9.17, 15) is 4.79 Å². The summed E-state index contributed by atoms with van der Waals surface area (Å²) in [5, 5.41) is 11.3. The number of carbonyl (C=O) groups is 1. The first-order valence-electron chi connectivity index (χ1n) is 5.86. The molecule has 0 saturated heterocycles. The van der Waals surface area contributed by atoms with E-state index in [0.717, 1.165) is 25.7 Å². The number of aliphatic hydroxyl groups excluding tert-OH is 1. The van der Waals surface area contributed by atoms with Crippen LogP contribution in [-0.4, -0.2) is 24.2 Å². The van der Waals surface area contributed by atoms with Crippen LogP contribution in [0.3, 0.4) is 0 Å². The Kier molecular flexibility index (Phi) is 10.6. The second-order valence-corrected chi connectivity index (χ2v) is 3.62. The zero-order valence-corrected chi connectivity index (χ0v) is 9.67. The highest BCUT2D eigenvalue weighted by Crippen LogP contribution is 1.99. The van der Waals surface area contributed by atoms with E-state index in [2.05, 4.69) is 12.2 Å². The van der Waals surface area contributed by atoms with Crippen LogP contribution in [-0.2, 0) is 4.79 Å². The smallest absolute Gasteiger partial charge is 0.243 e. The van der Waals surface area contributed by atoms with Crippen molar-refractivity contribution in [3.05, 3.63) is 12.2 Å². The number of carbonyl (C=O) groups excluding carboxylic acids is 1. The van der Waals surface area contributed by atoms with Gasteiger partial charge in [-0.1, -0.05) is 25.8 Å². The summed E-state index contributed by atoms with van der Waals surface area (Å²) in [6.07, 6.45) is 9.70. The first kappa shape index (κ1) is 14.2. The van der Waals surface area contributed by atoms with Crippen LogP contribution in [0.25, 0.3) is 0 Å². The van der Waals surface area contributed by atoms with Crippen molar-refractivity contribution >= 4 is 5.91 Å². The summed E-state index contributed by atoms with van der Waals surface area (Å²) in [5.41, 5.74) is 0. The summed E-state index contributed by atoms with van der Waals surface area (Å²) < 4.78 is 0. The van der Waals surface area contributed by atoms with Crippen LogP contribution in [0.15, 0.2) is 12.2 Å². The SMILES string of the molecule is CCCCC/C=C/C(=O)NCCCCO. The predicted molar refractivity (Wildman–Crippen MR) is 62.6 cm³/mol. The lowest BCUT2D eigenvalue weighted by molar-refractivity contribution is -0.116. The fourth-order valence-electron chi connectivity index (χ4n) is 1.21. The molecule has 0 radical (unpaired) electrons. The Bertz CT molecular complexity index is 178. The molecule has 0 spiro atoms. The molecule has 0 rings (SSSR count). The molecule has 0 saturated carbocycles. The lowest BCUT2D eigenvalue weighted by Crippen LogP contribution is -2.22. The largest absolute Gasteiger partial charge is 0.396 e. The number of aliphatic hydroxyl groups is 1. The first-order chi connectivity index (χ1) is 7.31. The van der Waals surface area contributed by atoms with Crippen LogP contribution in [0.5, 0.6) is 0 Å². The maximum absolute atomic E-state index is 11.2. The van der Waals surface area contributed by atoms with Crippen molar-refractivity contribution in [1.82, 2.24) is 5.32 Å². The molecule has 0 aliphatic rings. The number of nitrogens with one attached hydrogen (secondary N) is 1. The van der Waals surface area contributed by atoms with Crippen LogP contribution < -0.4 is 5.32 Å². The maximum atomic E-state index is 11.2. The lowest BCUT2D eigenvalue weighted by Gasteiger charge is -2.00. The van der Waals surface area contributed by atoms with Gasteiger partial charge in [0, 0.05) is 13.2 Å². The third kappa shape index (κ3) is 11.1. The standard InChI is InChI=1S/C12H23NO2/c1-2-3-4-5-6-9-12(15)13-10-7-8-11-14/h6,9,14H,2-5,7-8,10-11H2,1H3,(H,13,15)/b9-6+. The van der Waals surface area contributed by atoms with Gasteiger partial charge in [0.2, 0.25) is 5.91 Å². The minimum Gasteiger partial charge on any atom is -0.396 e. The molecule has 0 fully saturated rings. The van der Waals surface area contributed by atoms with Gasteiger partial charge in [-0.15, -0.1) is 0 Å². The number of rotatable bonds is 9. The number of amides is 1. The minimum absolute atomic E-state index is 0.0237. The van der Waals surface area contributed by atoms with E-state index in [4.69, 9.17) is 5.11 Å². The van der Waals surface area contributed by atoms with Crippen molar-refractivity contribution in [2.75, 3.05) is 13.2 Å². The van der Waals surface area contributed by atoms with E-state index in [-0.39, 0.29) is 12.5 Å². The van der Waals surface area contributed by atoms with Crippen LogP contribution in [0.4, 0.5) is 0 Å². The lowest BCUT2D eigenvalue weighted by atomic mass is 10.2. The Morgan fingerprint density at radius 3 is 2.73 bits per heavy atom. The zero-order chi connectivity index (χ0) is 11.4. The highest BCUT2D eigenvalue weighted by molar-refractivity contribution is 5.87. The monoisotopic (exact) mass is 213 g/mol. The van der Waals surface area contributed by atoms with Gasteiger partial charge < -0.3 is 10.4 Å². The Hall–Kier alpha value is -0.830. The summed E-state index contributed by atoms with van der Waals surface area (Å²) >= 11 is 0. The third-order valence-corrected chi connectivity index (χ3v) is 2.13. The van der Waals surface area contributed by atoms with E-state index in [1.165, 1.54) is 12.8 Å². The van der Waals surface area contributed by atoms with Gasteiger partial charge in [0.1, 0.15) is 0 Å². The Balaban J connectivity index is 3.31. The first-order valence-corrected chi connectivity index (χ1v) is 5.86.